The van der Waals surface area contributed by atoms with Crippen LogP contribution in [0, 0.1) is 5.82 Å². The van der Waals surface area contributed by atoms with E-state index in [9.17, 15) is 18.8 Å². The number of hydrogen-bond donors (Lipinski definition) is 3. The van der Waals surface area contributed by atoms with Gasteiger partial charge in [0.05, 0.1) is 0 Å². The summed E-state index contributed by atoms with van der Waals surface area (Å²) in [5.74, 6) is -2.25. The minimum absolute atomic E-state index is 0.0551. The molecule has 0 unspecified atom stereocenters. The Labute approximate surface area is 170 Å². The molecule has 0 aliphatic rings. The topological polar surface area (TPSA) is 101 Å². The lowest BCUT2D eigenvalue weighted by atomic mass is 10.0. The van der Waals surface area contributed by atoms with Crippen LogP contribution in [0.3, 0.4) is 0 Å². The van der Waals surface area contributed by atoms with E-state index in [-0.39, 0.29) is 18.4 Å². The van der Waals surface area contributed by atoms with Gasteiger partial charge in [-0.3, -0.25) is 14.4 Å². The number of halogens is 2. The van der Waals surface area contributed by atoms with Crippen molar-refractivity contribution in [2.24, 2.45) is 5.73 Å². The largest absolute Gasteiger partial charge is 0.368 e. The number of hydrogen-bond acceptors (Lipinski definition) is 3. The number of nitrogens with two attached hydrogens (primary N) is 1. The summed E-state index contributed by atoms with van der Waals surface area (Å²) in [6.45, 7) is 1.26. The Balaban J connectivity index is 2.15. The number of rotatable bonds is 8. The fraction of sp³-hybridized carbons (Fsp3) is 0.250. The molecule has 6 nitrogen and oxygen atoms in total. The van der Waals surface area contributed by atoms with Crippen LogP contribution >= 0.6 is 15.9 Å². The molecule has 0 spiro atoms. The van der Waals surface area contributed by atoms with E-state index in [1.165, 1.54) is 25.1 Å². The van der Waals surface area contributed by atoms with Gasteiger partial charge in [-0.2, -0.15) is 0 Å². The number of nitrogens with one attached hydrogen (secondary N) is 2. The van der Waals surface area contributed by atoms with Crippen LogP contribution in [0.2, 0.25) is 0 Å². The van der Waals surface area contributed by atoms with Gasteiger partial charge in [-0.25, -0.2) is 4.39 Å². The average molecular weight is 450 g/mol. The van der Waals surface area contributed by atoms with Gasteiger partial charge in [-0.15, -0.1) is 0 Å². The summed E-state index contributed by atoms with van der Waals surface area (Å²) in [7, 11) is 0. The van der Waals surface area contributed by atoms with Crippen molar-refractivity contribution in [1.29, 1.82) is 0 Å². The van der Waals surface area contributed by atoms with E-state index in [2.05, 4.69) is 26.6 Å². The predicted octanol–water partition coefficient (Wildman–Crippen LogP) is 1.85. The maximum Gasteiger partial charge on any atom is 0.243 e. The number of amides is 3. The lowest BCUT2D eigenvalue weighted by Gasteiger charge is -2.22. The zero-order chi connectivity index (χ0) is 20.7. The first-order valence-electron chi connectivity index (χ1n) is 8.61. The van der Waals surface area contributed by atoms with Crippen molar-refractivity contribution >= 4 is 33.7 Å². The van der Waals surface area contributed by atoms with E-state index in [1.807, 2.05) is 12.1 Å². The average Bonchev–Trinajstić information content (AvgIpc) is 2.62. The smallest absolute Gasteiger partial charge is 0.243 e. The van der Waals surface area contributed by atoms with Crippen LogP contribution in [-0.2, 0) is 27.2 Å². The van der Waals surface area contributed by atoms with Crippen molar-refractivity contribution in [3.8, 4) is 0 Å². The molecule has 148 valence electrons. The highest BCUT2D eigenvalue weighted by Crippen LogP contribution is 2.14. The molecule has 2 rings (SSSR count). The van der Waals surface area contributed by atoms with Crippen molar-refractivity contribution in [3.63, 3.8) is 0 Å². The highest BCUT2D eigenvalue weighted by molar-refractivity contribution is 9.10. The molecule has 0 aromatic heterocycles. The number of primary amides is 1. The zero-order valence-corrected chi connectivity index (χ0v) is 16.8. The summed E-state index contributed by atoms with van der Waals surface area (Å²) in [5, 5.41) is 5.06. The van der Waals surface area contributed by atoms with Gasteiger partial charge >= 0.3 is 0 Å². The second-order valence-electron chi connectivity index (χ2n) is 6.35. The van der Waals surface area contributed by atoms with Crippen LogP contribution in [0.25, 0.3) is 0 Å². The highest BCUT2D eigenvalue weighted by atomic mass is 79.9. The minimum atomic E-state index is -1.04. The Morgan fingerprint density at radius 3 is 2.36 bits per heavy atom. The molecule has 0 radical (unpaired) electrons. The molecule has 0 saturated carbocycles. The molecule has 0 aliphatic carbocycles. The van der Waals surface area contributed by atoms with Crippen molar-refractivity contribution < 1.29 is 18.8 Å². The van der Waals surface area contributed by atoms with Crippen molar-refractivity contribution in [2.45, 2.75) is 31.8 Å². The molecule has 2 aromatic rings. The van der Waals surface area contributed by atoms with Gasteiger partial charge in [0.1, 0.15) is 17.9 Å². The summed E-state index contributed by atoms with van der Waals surface area (Å²) in [6, 6.07) is 11.2. The van der Waals surface area contributed by atoms with Gasteiger partial charge in [0.15, 0.2) is 0 Å². The molecule has 2 atom stereocenters. The second kappa shape index (κ2) is 9.98. The molecule has 0 fully saturated rings. The quantitative estimate of drug-likeness (QED) is 0.572. The van der Waals surface area contributed by atoms with E-state index >= 15 is 0 Å². The van der Waals surface area contributed by atoms with Gasteiger partial charge in [-0.1, -0.05) is 46.3 Å². The molecular weight excluding hydrogens is 429 g/mol. The second-order valence-corrected chi connectivity index (χ2v) is 7.26. The molecule has 4 N–H and O–H groups in total. The standard InChI is InChI=1S/C20H21BrFN3O3/c1-12(26)24-18(11-14-6-2-3-8-16(14)22)20(28)25-17(19(23)27)10-13-5-4-7-15(21)9-13/h2-9,17-18H,10-11H2,1H3,(H2,23,27)(H,24,26)(H,25,28)/t17-,18+/m0/s1. The van der Waals surface area contributed by atoms with E-state index < -0.39 is 35.6 Å². The summed E-state index contributed by atoms with van der Waals surface area (Å²) in [4.78, 5) is 36.0. The Bertz CT molecular complexity index is 875. The number of carbonyl (C=O) groups excluding carboxylic acids is 3. The van der Waals surface area contributed by atoms with Gasteiger partial charge in [0.2, 0.25) is 17.7 Å². The van der Waals surface area contributed by atoms with Gasteiger partial charge < -0.3 is 16.4 Å². The van der Waals surface area contributed by atoms with Crippen molar-refractivity contribution in [3.05, 3.63) is 69.9 Å². The van der Waals surface area contributed by atoms with Crippen LogP contribution < -0.4 is 16.4 Å². The molecule has 0 aliphatic heterocycles. The fourth-order valence-corrected chi connectivity index (χ4v) is 3.18. The summed E-state index contributed by atoms with van der Waals surface area (Å²) in [5.41, 5.74) is 6.51. The first-order valence-corrected chi connectivity index (χ1v) is 9.40. The third-order valence-corrected chi connectivity index (χ3v) is 4.56. The molecule has 0 saturated heterocycles. The Morgan fingerprint density at radius 2 is 1.75 bits per heavy atom. The van der Waals surface area contributed by atoms with E-state index in [0.717, 1.165) is 10.0 Å². The molecule has 28 heavy (non-hydrogen) atoms. The maximum absolute atomic E-state index is 13.9. The van der Waals surface area contributed by atoms with Crippen LogP contribution in [0.1, 0.15) is 18.1 Å². The minimum Gasteiger partial charge on any atom is -0.368 e. The summed E-state index contributed by atoms with van der Waals surface area (Å²) >= 11 is 3.35. The fourth-order valence-electron chi connectivity index (χ4n) is 2.73. The first kappa shape index (κ1) is 21.6. The maximum atomic E-state index is 13.9. The highest BCUT2D eigenvalue weighted by Gasteiger charge is 2.26. The van der Waals surface area contributed by atoms with Crippen LogP contribution in [0.5, 0.6) is 0 Å². The molecular formula is C20H21BrFN3O3. The molecule has 0 heterocycles. The number of carbonyl (C=O) groups is 3. The lowest BCUT2D eigenvalue weighted by molar-refractivity contribution is -0.130. The summed E-state index contributed by atoms with van der Waals surface area (Å²) < 4.78 is 14.8. The van der Waals surface area contributed by atoms with Crippen LogP contribution in [0.15, 0.2) is 53.0 Å². The SMILES string of the molecule is CC(=O)N[C@H](Cc1ccccc1F)C(=O)N[C@@H](Cc1cccc(Br)c1)C(N)=O. The van der Waals surface area contributed by atoms with Gasteiger partial charge in [-0.05, 0) is 29.3 Å². The first-order chi connectivity index (χ1) is 13.3. The van der Waals surface area contributed by atoms with Gasteiger partial charge in [0.25, 0.3) is 0 Å². The molecule has 8 heteroatoms. The monoisotopic (exact) mass is 449 g/mol. The Morgan fingerprint density at radius 1 is 1.04 bits per heavy atom. The normalized spacial score (nSPS) is 12.7. The Kier molecular flexibility index (Phi) is 7.69. The van der Waals surface area contributed by atoms with E-state index in [1.54, 1.807) is 18.2 Å². The molecule has 0 bridgehead atoms. The molecule has 2 aromatic carbocycles. The van der Waals surface area contributed by atoms with Gasteiger partial charge in [0, 0.05) is 24.2 Å². The van der Waals surface area contributed by atoms with Crippen LogP contribution in [0.4, 0.5) is 4.39 Å². The van der Waals surface area contributed by atoms with E-state index in [4.69, 9.17) is 5.73 Å². The van der Waals surface area contributed by atoms with Crippen molar-refractivity contribution in [2.75, 3.05) is 0 Å². The zero-order valence-electron chi connectivity index (χ0n) is 15.2. The number of benzene rings is 2. The molecule has 3 amide bonds. The van der Waals surface area contributed by atoms with Crippen LogP contribution in [-0.4, -0.2) is 29.8 Å². The lowest BCUT2D eigenvalue weighted by Crippen LogP contribution is -2.54. The summed E-state index contributed by atoms with van der Waals surface area (Å²) in [6.07, 6.45) is 0.132. The Hall–Kier alpha value is -2.74. The van der Waals surface area contributed by atoms with E-state index in [0.29, 0.717) is 0 Å². The third kappa shape index (κ3) is 6.45. The van der Waals surface area contributed by atoms with Crippen molar-refractivity contribution in [1.82, 2.24) is 10.6 Å². The third-order valence-electron chi connectivity index (χ3n) is 4.06. The predicted molar refractivity (Wildman–Crippen MR) is 107 cm³/mol.